The summed E-state index contributed by atoms with van der Waals surface area (Å²) in [5.74, 6) is 0. The summed E-state index contributed by atoms with van der Waals surface area (Å²) in [6.45, 7) is 5.36. The Balaban J connectivity index is 2.16. The van der Waals surface area contributed by atoms with E-state index in [1.54, 1.807) is 11.3 Å². The normalized spacial score (nSPS) is 12.6. The van der Waals surface area contributed by atoms with E-state index in [1.807, 2.05) is 12.3 Å². The van der Waals surface area contributed by atoms with Crippen molar-refractivity contribution in [3.05, 3.63) is 50.4 Å². The number of rotatable bonds is 6. The monoisotopic (exact) mass is 338 g/mol. The molecule has 0 bridgehead atoms. The van der Waals surface area contributed by atoms with Crippen molar-refractivity contribution in [2.75, 3.05) is 6.54 Å². The van der Waals surface area contributed by atoms with Crippen molar-refractivity contribution in [2.45, 2.75) is 32.7 Å². The Kier molecular flexibility index (Phi) is 5.55. The maximum absolute atomic E-state index is 4.51. The summed E-state index contributed by atoms with van der Waals surface area (Å²) < 4.78 is 1.18. The van der Waals surface area contributed by atoms with Crippen LogP contribution in [0.3, 0.4) is 0 Å². The number of thiophene rings is 1. The van der Waals surface area contributed by atoms with Crippen LogP contribution in [-0.2, 0) is 6.42 Å². The molecule has 2 nitrogen and oxygen atoms in total. The zero-order valence-electron chi connectivity index (χ0n) is 11.3. The SMILES string of the molecule is CCCNC(Cc1ncccc1C)c1ccc(Br)s1. The number of hydrogen-bond acceptors (Lipinski definition) is 3. The first kappa shape index (κ1) is 14.7. The Bertz CT molecular complexity index is 524. The van der Waals surface area contributed by atoms with Crippen LogP contribution >= 0.6 is 27.3 Å². The summed E-state index contributed by atoms with van der Waals surface area (Å²) in [6.07, 6.45) is 3.97. The van der Waals surface area contributed by atoms with E-state index in [0.717, 1.165) is 19.4 Å². The quantitative estimate of drug-likeness (QED) is 0.838. The van der Waals surface area contributed by atoms with Gasteiger partial charge in [-0.05, 0) is 59.6 Å². The van der Waals surface area contributed by atoms with E-state index in [2.05, 4.69) is 58.3 Å². The van der Waals surface area contributed by atoms with Gasteiger partial charge >= 0.3 is 0 Å². The van der Waals surface area contributed by atoms with Gasteiger partial charge in [0.05, 0.1) is 3.79 Å². The highest BCUT2D eigenvalue weighted by molar-refractivity contribution is 9.11. The van der Waals surface area contributed by atoms with Crippen LogP contribution in [0.4, 0.5) is 0 Å². The van der Waals surface area contributed by atoms with Gasteiger partial charge in [-0.15, -0.1) is 11.3 Å². The van der Waals surface area contributed by atoms with Crippen LogP contribution < -0.4 is 5.32 Å². The molecule has 19 heavy (non-hydrogen) atoms. The van der Waals surface area contributed by atoms with Crippen molar-refractivity contribution in [1.29, 1.82) is 0 Å². The van der Waals surface area contributed by atoms with Gasteiger partial charge in [0, 0.05) is 29.2 Å². The number of pyridine rings is 1. The van der Waals surface area contributed by atoms with Gasteiger partial charge in [0.2, 0.25) is 0 Å². The van der Waals surface area contributed by atoms with Crippen LogP contribution in [0, 0.1) is 6.92 Å². The average Bonchev–Trinajstić information content (AvgIpc) is 2.83. The number of aromatic nitrogens is 1. The summed E-state index contributed by atoms with van der Waals surface area (Å²) in [5, 5.41) is 3.62. The van der Waals surface area contributed by atoms with Gasteiger partial charge in [-0.2, -0.15) is 0 Å². The lowest BCUT2D eigenvalue weighted by Gasteiger charge is -2.17. The highest BCUT2D eigenvalue weighted by atomic mass is 79.9. The molecule has 2 aromatic rings. The number of nitrogens with zero attached hydrogens (tertiary/aromatic N) is 1. The van der Waals surface area contributed by atoms with Crippen LogP contribution in [0.5, 0.6) is 0 Å². The first-order valence-electron chi connectivity index (χ1n) is 6.59. The summed E-state index contributed by atoms with van der Waals surface area (Å²) in [5.41, 5.74) is 2.45. The molecular formula is C15H19BrN2S. The van der Waals surface area contributed by atoms with Gasteiger partial charge in [0.25, 0.3) is 0 Å². The third-order valence-electron chi connectivity index (χ3n) is 3.09. The molecule has 2 aromatic heterocycles. The van der Waals surface area contributed by atoms with Gasteiger partial charge in [0.15, 0.2) is 0 Å². The largest absolute Gasteiger partial charge is 0.309 e. The molecule has 0 aromatic carbocycles. The lowest BCUT2D eigenvalue weighted by atomic mass is 10.1. The van der Waals surface area contributed by atoms with Crippen LogP contribution in [0.1, 0.15) is 35.5 Å². The molecule has 1 N–H and O–H groups in total. The molecule has 102 valence electrons. The van der Waals surface area contributed by atoms with E-state index >= 15 is 0 Å². The fourth-order valence-corrected chi connectivity index (χ4v) is 3.53. The summed E-state index contributed by atoms with van der Waals surface area (Å²) in [6, 6.07) is 8.79. The zero-order chi connectivity index (χ0) is 13.7. The molecule has 2 heterocycles. The fraction of sp³-hybridized carbons (Fsp3) is 0.400. The van der Waals surface area contributed by atoms with Gasteiger partial charge < -0.3 is 5.32 Å². The molecule has 0 radical (unpaired) electrons. The van der Waals surface area contributed by atoms with E-state index in [0.29, 0.717) is 6.04 Å². The molecule has 4 heteroatoms. The van der Waals surface area contributed by atoms with Crippen molar-refractivity contribution in [3.63, 3.8) is 0 Å². The lowest BCUT2D eigenvalue weighted by Crippen LogP contribution is -2.24. The third-order valence-corrected chi connectivity index (χ3v) is 4.83. The Morgan fingerprint density at radius 2 is 2.21 bits per heavy atom. The summed E-state index contributed by atoms with van der Waals surface area (Å²) in [4.78, 5) is 5.88. The van der Waals surface area contributed by atoms with Gasteiger partial charge in [-0.1, -0.05) is 13.0 Å². The van der Waals surface area contributed by atoms with Gasteiger partial charge in [-0.25, -0.2) is 0 Å². The van der Waals surface area contributed by atoms with E-state index < -0.39 is 0 Å². The van der Waals surface area contributed by atoms with Gasteiger partial charge in [-0.3, -0.25) is 4.98 Å². The predicted octanol–water partition coefficient (Wildman–Crippen LogP) is 4.50. The molecule has 1 unspecified atom stereocenters. The van der Waals surface area contributed by atoms with E-state index in [1.165, 1.54) is 19.9 Å². The lowest BCUT2D eigenvalue weighted by molar-refractivity contribution is 0.530. The second kappa shape index (κ2) is 7.17. The topological polar surface area (TPSA) is 24.9 Å². The van der Waals surface area contributed by atoms with E-state index in [4.69, 9.17) is 0 Å². The minimum Gasteiger partial charge on any atom is -0.309 e. The number of hydrogen-bond donors (Lipinski definition) is 1. The molecule has 1 atom stereocenters. The van der Waals surface area contributed by atoms with Crippen molar-refractivity contribution in [3.8, 4) is 0 Å². The molecule has 0 aliphatic carbocycles. The maximum atomic E-state index is 4.51. The summed E-state index contributed by atoms with van der Waals surface area (Å²) in [7, 11) is 0. The first-order chi connectivity index (χ1) is 9.20. The first-order valence-corrected chi connectivity index (χ1v) is 8.20. The zero-order valence-corrected chi connectivity index (χ0v) is 13.7. The second-order valence-corrected chi connectivity index (χ2v) is 7.11. The minimum atomic E-state index is 0.352. The Morgan fingerprint density at radius 3 is 2.84 bits per heavy atom. The number of aryl methyl sites for hydroxylation is 1. The second-order valence-electron chi connectivity index (χ2n) is 4.62. The standard InChI is InChI=1S/C15H19BrN2S/c1-3-8-17-13(14-6-7-15(16)19-14)10-12-11(2)5-4-9-18-12/h4-7,9,13,17H,3,8,10H2,1-2H3. The van der Waals surface area contributed by atoms with Crippen LogP contribution in [0.15, 0.2) is 34.2 Å². The third kappa shape index (κ3) is 4.13. The number of halogens is 1. The van der Waals surface area contributed by atoms with Crippen LogP contribution in [0.2, 0.25) is 0 Å². The molecule has 0 fully saturated rings. The van der Waals surface area contributed by atoms with Crippen molar-refractivity contribution in [1.82, 2.24) is 10.3 Å². The van der Waals surface area contributed by atoms with Crippen molar-refractivity contribution >= 4 is 27.3 Å². The molecule has 0 spiro atoms. The predicted molar refractivity (Wildman–Crippen MR) is 85.7 cm³/mol. The average molecular weight is 339 g/mol. The minimum absolute atomic E-state index is 0.352. The number of nitrogens with one attached hydrogen (secondary N) is 1. The van der Waals surface area contributed by atoms with Crippen LogP contribution in [0.25, 0.3) is 0 Å². The Hall–Kier alpha value is -0.710. The molecular weight excluding hydrogens is 320 g/mol. The van der Waals surface area contributed by atoms with Crippen molar-refractivity contribution < 1.29 is 0 Å². The smallest absolute Gasteiger partial charge is 0.0701 e. The summed E-state index contributed by atoms with van der Waals surface area (Å²) >= 11 is 5.34. The van der Waals surface area contributed by atoms with E-state index in [-0.39, 0.29) is 0 Å². The fourth-order valence-electron chi connectivity index (χ4n) is 2.03. The molecule has 0 saturated heterocycles. The van der Waals surface area contributed by atoms with Crippen molar-refractivity contribution in [2.24, 2.45) is 0 Å². The Labute approximate surface area is 127 Å². The molecule has 0 aliphatic rings. The molecule has 0 aliphatic heterocycles. The highest BCUT2D eigenvalue weighted by Crippen LogP contribution is 2.29. The molecule has 2 rings (SSSR count). The van der Waals surface area contributed by atoms with Crippen LogP contribution in [-0.4, -0.2) is 11.5 Å². The maximum Gasteiger partial charge on any atom is 0.0701 e. The Morgan fingerprint density at radius 1 is 1.37 bits per heavy atom. The van der Waals surface area contributed by atoms with Gasteiger partial charge in [0.1, 0.15) is 0 Å². The molecule has 0 saturated carbocycles. The molecule has 0 amide bonds. The van der Waals surface area contributed by atoms with E-state index in [9.17, 15) is 0 Å². The highest BCUT2D eigenvalue weighted by Gasteiger charge is 2.15.